The number of aromatic hydroxyl groups is 1. The molecule has 4 rings (SSSR count). The molecule has 1 aliphatic rings. The Balaban J connectivity index is 1.58. The van der Waals surface area contributed by atoms with Gasteiger partial charge in [0, 0.05) is 17.1 Å². The maximum atomic E-state index is 12.6. The third kappa shape index (κ3) is 5.69. The molecule has 1 aliphatic heterocycles. The molecule has 2 unspecified atom stereocenters. The molecule has 1 aromatic heterocycles. The molecule has 1 saturated heterocycles. The highest BCUT2D eigenvalue weighted by Crippen LogP contribution is 2.32. The van der Waals surface area contributed by atoms with Crippen molar-refractivity contribution in [1.29, 1.82) is 0 Å². The fourth-order valence-electron chi connectivity index (χ4n) is 3.56. The lowest BCUT2D eigenvalue weighted by Gasteiger charge is -2.15. The molecule has 0 spiro atoms. The van der Waals surface area contributed by atoms with Crippen LogP contribution in [0.15, 0.2) is 57.0 Å². The molecule has 2 heterocycles. The van der Waals surface area contributed by atoms with E-state index in [9.17, 15) is 24.3 Å². The number of carbonyl (C=O) groups excluding carboxylic acids is 2. The summed E-state index contributed by atoms with van der Waals surface area (Å²) in [5, 5.41) is 15.6. The van der Waals surface area contributed by atoms with Gasteiger partial charge in [0.25, 0.3) is 5.56 Å². The molecule has 0 radical (unpaired) electrons. The van der Waals surface area contributed by atoms with E-state index in [-0.39, 0.29) is 23.1 Å². The minimum Gasteiger partial charge on any atom is -0.494 e. The number of halogens is 1. The Bertz CT molecular complexity index is 1480. The van der Waals surface area contributed by atoms with Gasteiger partial charge < -0.3 is 15.7 Å². The first-order valence-electron chi connectivity index (χ1n) is 10.8. The van der Waals surface area contributed by atoms with Gasteiger partial charge in [-0.15, -0.1) is 0 Å². The first-order valence-corrected chi connectivity index (χ1v) is 12.1. The van der Waals surface area contributed by atoms with Crippen molar-refractivity contribution in [2.24, 2.45) is 4.99 Å². The zero-order chi connectivity index (χ0) is 26.0. The van der Waals surface area contributed by atoms with E-state index < -0.39 is 34.3 Å². The Kier molecular flexibility index (Phi) is 7.32. The van der Waals surface area contributed by atoms with E-state index >= 15 is 0 Å². The number of thioether (sulfide) groups is 1. The van der Waals surface area contributed by atoms with Crippen LogP contribution < -0.4 is 21.9 Å². The Labute approximate surface area is 214 Å². The van der Waals surface area contributed by atoms with Crippen LogP contribution in [0.1, 0.15) is 34.7 Å². The molecule has 2 aromatic carbocycles. The molecule has 0 bridgehead atoms. The lowest BCUT2D eigenvalue weighted by molar-refractivity contribution is -0.122. The number of nitrogens with one attached hydrogen (secondary N) is 4. The van der Waals surface area contributed by atoms with Crippen molar-refractivity contribution in [2.75, 3.05) is 5.32 Å². The summed E-state index contributed by atoms with van der Waals surface area (Å²) >= 11 is 7.14. The second-order valence-corrected chi connectivity index (χ2v) is 9.83. The van der Waals surface area contributed by atoms with Crippen LogP contribution in [0.5, 0.6) is 5.88 Å². The van der Waals surface area contributed by atoms with Crippen molar-refractivity contribution in [3.63, 3.8) is 0 Å². The highest BCUT2D eigenvalue weighted by molar-refractivity contribution is 8.15. The number of nitrogens with zero attached hydrogens (tertiary/aromatic N) is 1. The topological polar surface area (TPSA) is 157 Å². The van der Waals surface area contributed by atoms with Crippen molar-refractivity contribution in [1.82, 2.24) is 15.3 Å². The van der Waals surface area contributed by atoms with Crippen LogP contribution in [0.25, 0.3) is 0 Å². The minimum absolute atomic E-state index is 0.124. The van der Waals surface area contributed by atoms with Gasteiger partial charge in [-0.2, -0.15) is 0 Å². The fraction of sp³-hybridized carbons (Fsp3) is 0.208. The van der Waals surface area contributed by atoms with Gasteiger partial charge in [0.15, 0.2) is 5.17 Å². The number of aliphatic imine (C=N–C) groups is 1. The van der Waals surface area contributed by atoms with Gasteiger partial charge in [0.1, 0.15) is 16.9 Å². The molecule has 0 aliphatic carbocycles. The Hall–Kier alpha value is -3.83. The van der Waals surface area contributed by atoms with Gasteiger partial charge in [-0.1, -0.05) is 59.3 Å². The van der Waals surface area contributed by atoms with Crippen molar-refractivity contribution < 1.29 is 14.7 Å². The number of carbonyl (C=O) groups is 2. The highest BCUT2D eigenvalue weighted by Gasteiger charge is 2.33. The van der Waals surface area contributed by atoms with Crippen LogP contribution in [0.2, 0.25) is 5.02 Å². The predicted molar refractivity (Wildman–Crippen MR) is 139 cm³/mol. The normalized spacial score (nSPS) is 17.1. The largest absolute Gasteiger partial charge is 0.494 e. The van der Waals surface area contributed by atoms with E-state index in [2.05, 4.69) is 25.6 Å². The predicted octanol–water partition coefficient (Wildman–Crippen LogP) is 2.74. The SMILES string of the molecule is Cc1ccc(C(N=C2NC(=O)C(CC(=O)Nc3ccc(C)c(Cl)c3)S2)c2c(O)[nH]c(=O)[nH]c2=O)cc1. The average Bonchev–Trinajstić information content (AvgIpc) is 3.14. The van der Waals surface area contributed by atoms with Crippen LogP contribution in [0, 0.1) is 13.8 Å². The molecule has 12 heteroatoms. The van der Waals surface area contributed by atoms with Gasteiger partial charge in [0.2, 0.25) is 17.7 Å². The maximum absolute atomic E-state index is 12.6. The molecule has 0 saturated carbocycles. The number of amides is 2. The number of amidine groups is 1. The van der Waals surface area contributed by atoms with E-state index in [1.807, 2.05) is 26.0 Å². The van der Waals surface area contributed by atoms with Gasteiger partial charge >= 0.3 is 5.69 Å². The van der Waals surface area contributed by atoms with Crippen LogP contribution >= 0.6 is 23.4 Å². The second kappa shape index (κ2) is 10.4. The number of anilines is 1. The Morgan fingerprint density at radius 3 is 2.53 bits per heavy atom. The smallest absolute Gasteiger partial charge is 0.328 e. The summed E-state index contributed by atoms with van der Waals surface area (Å²) in [6.45, 7) is 3.74. The Morgan fingerprint density at radius 2 is 1.86 bits per heavy atom. The molecule has 2 amide bonds. The summed E-state index contributed by atoms with van der Waals surface area (Å²) in [6, 6.07) is 11.2. The monoisotopic (exact) mass is 527 g/mol. The summed E-state index contributed by atoms with van der Waals surface area (Å²) in [5.74, 6) is -1.42. The Morgan fingerprint density at radius 1 is 1.14 bits per heavy atom. The maximum Gasteiger partial charge on any atom is 0.328 e. The number of rotatable bonds is 6. The number of benzene rings is 2. The van der Waals surface area contributed by atoms with Crippen LogP contribution in [-0.4, -0.2) is 37.3 Å². The first-order chi connectivity index (χ1) is 17.1. The molecule has 186 valence electrons. The number of hydrogen-bond donors (Lipinski definition) is 5. The highest BCUT2D eigenvalue weighted by atomic mass is 35.5. The number of aromatic nitrogens is 2. The summed E-state index contributed by atoms with van der Waals surface area (Å²) in [5.41, 5.74) is 1.05. The summed E-state index contributed by atoms with van der Waals surface area (Å²) < 4.78 is 0. The van der Waals surface area contributed by atoms with E-state index in [4.69, 9.17) is 11.6 Å². The molecule has 3 aromatic rings. The second-order valence-electron chi connectivity index (χ2n) is 8.23. The third-order valence-electron chi connectivity index (χ3n) is 5.47. The summed E-state index contributed by atoms with van der Waals surface area (Å²) in [7, 11) is 0. The summed E-state index contributed by atoms with van der Waals surface area (Å²) in [4.78, 5) is 58.0. The minimum atomic E-state index is -1.03. The lowest BCUT2D eigenvalue weighted by Crippen LogP contribution is -2.29. The lowest BCUT2D eigenvalue weighted by atomic mass is 10.00. The summed E-state index contributed by atoms with van der Waals surface area (Å²) in [6.07, 6.45) is -0.124. The number of hydrogen-bond acceptors (Lipinski definition) is 7. The first kappa shape index (κ1) is 25.3. The van der Waals surface area contributed by atoms with E-state index in [1.165, 1.54) is 0 Å². The van der Waals surface area contributed by atoms with Crippen molar-refractivity contribution in [2.45, 2.75) is 31.6 Å². The number of H-pyrrole nitrogens is 2. The zero-order valence-electron chi connectivity index (χ0n) is 19.2. The van der Waals surface area contributed by atoms with E-state index in [0.29, 0.717) is 16.3 Å². The van der Waals surface area contributed by atoms with Gasteiger partial charge in [-0.3, -0.25) is 24.4 Å². The molecular weight excluding hydrogens is 506 g/mol. The van der Waals surface area contributed by atoms with Gasteiger partial charge in [-0.05, 0) is 37.1 Å². The number of aromatic amines is 2. The molecule has 1 fully saturated rings. The average molecular weight is 528 g/mol. The number of aryl methyl sites for hydroxylation is 2. The molecule has 2 atom stereocenters. The molecular formula is C24H22ClN5O5S. The molecule has 5 N–H and O–H groups in total. The third-order valence-corrected chi connectivity index (χ3v) is 6.98. The van der Waals surface area contributed by atoms with Crippen molar-refractivity contribution >= 4 is 46.0 Å². The molecule has 10 nitrogen and oxygen atoms in total. The van der Waals surface area contributed by atoms with Crippen LogP contribution in [0.3, 0.4) is 0 Å². The van der Waals surface area contributed by atoms with Crippen molar-refractivity contribution in [3.8, 4) is 5.88 Å². The van der Waals surface area contributed by atoms with Crippen LogP contribution in [-0.2, 0) is 9.59 Å². The van der Waals surface area contributed by atoms with Crippen molar-refractivity contribution in [3.05, 3.63) is 90.6 Å². The van der Waals surface area contributed by atoms with Gasteiger partial charge in [0.05, 0.1) is 0 Å². The van der Waals surface area contributed by atoms with E-state index in [1.54, 1.807) is 30.3 Å². The van der Waals surface area contributed by atoms with Crippen LogP contribution in [0.4, 0.5) is 5.69 Å². The van der Waals surface area contributed by atoms with E-state index in [0.717, 1.165) is 22.9 Å². The standard InChI is InChI=1S/C24H22ClN5O5S/c1-11-3-6-13(7-4-11)19(18-21(33)28-23(35)29-22(18)34)27-24-30-20(32)16(36-24)10-17(31)26-14-8-5-12(2)15(25)9-14/h3-9,16,19H,10H2,1-2H3,(H,26,31)(H,27,30,32)(H3,28,29,33,34,35). The zero-order valence-corrected chi connectivity index (χ0v) is 20.8. The fourth-order valence-corrected chi connectivity index (χ4v) is 4.74. The van der Waals surface area contributed by atoms with Gasteiger partial charge in [-0.25, -0.2) is 9.79 Å². The molecule has 36 heavy (non-hydrogen) atoms. The quantitative estimate of drug-likeness (QED) is 0.332.